The molecule has 0 aliphatic heterocycles. The van der Waals surface area contributed by atoms with Crippen molar-refractivity contribution in [2.24, 2.45) is 5.92 Å². The standard InChI is InChI=1S/C14H16O4/c1-2-7-18-14(17)10-5-3-9(4-6-10)11-8-12(11)13(15)16/h3-6,11-12H,2,7-8H2,1H3,(H,15,16). The van der Waals surface area contributed by atoms with Crippen LogP contribution in [-0.2, 0) is 9.53 Å². The number of carbonyl (C=O) groups is 2. The molecule has 0 aromatic heterocycles. The molecule has 2 rings (SSSR count). The molecule has 96 valence electrons. The van der Waals surface area contributed by atoms with Crippen molar-refractivity contribution < 1.29 is 19.4 Å². The Balaban J connectivity index is 1.98. The molecular formula is C14H16O4. The molecule has 2 unspecified atom stereocenters. The van der Waals surface area contributed by atoms with Crippen LogP contribution in [0.3, 0.4) is 0 Å². The van der Waals surface area contributed by atoms with E-state index in [0.29, 0.717) is 18.6 Å². The van der Waals surface area contributed by atoms with Gasteiger partial charge in [0, 0.05) is 0 Å². The van der Waals surface area contributed by atoms with Gasteiger partial charge >= 0.3 is 11.9 Å². The largest absolute Gasteiger partial charge is 0.481 e. The van der Waals surface area contributed by atoms with Crippen molar-refractivity contribution in [1.82, 2.24) is 0 Å². The van der Waals surface area contributed by atoms with E-state index in [-0.39, 0.29) is 17.8 Å². The van der Waals surface area contributed by atoms with Gasteiger partial charge in [-0.15, -0.1) is 0 Å². The Morgan fingerprint density at radius 2 is 2.00 bits per heavy atom. The summed E-state index contributed by atoms with van der Waals surface area (Å²) in [5.41, 5.74) is 1.49. The number of hydrogen-bond acceptors (Lipinski definition) is 3. The van der Waals surface area contributed by atoms with Gasteiger partial charge in [-0.1, -0.05) is 19.1 Å². The quantitative estimate of drug-likeness (QED) is 0.813. The maximum Gasteiger partial charge on any atom is 0.338 e. The van der Waals surface area contributed by atoms with Crippen molar-refractivity contribution in [2.75, 3.05) is 6.61 Å². The van der Waals surface area contributed by atoms with Crippen LogP contribution in [0.4, 0.5) is 0 Å². The molecule has 1 fully saturated rings. The summed E-state index contributed by atoms with van der Waals surface area (Å²) in [7, 11) is 0. The van der Waals surface area contributed by atoms with Crippen LogP contribution in [0.2, 0.25) is 0 Å². The van der Waals surface area contributed by atoms with Gasteiger partial charge in [-0.2, -0.15) is 0 Å². The van der Waals surface area contributed by atoms with Crippen LogP contribution in [0.15, 0.2) is 24.3 Å². The highest BCUT2D eigenvalue weighted by atomic mass is 16.5. The molecule has 0 bridgehead atoms. The molecule has 1 aromatic carbocycles. The molecule has 4 nitrogen and oxygen atoms in total. The van der Waals surface area contributed by atoms with Crippen LogP contribution in [0, 0.1) is 5.92 Å². The van der Waals surface area contributed by atoms with Crippen LogP contribution < -0.4 is 0 Å². The Kier molecular flexibility index (Phi) is 3.65. The molecule has 1 aliphatic rings. The normalized spacial score (nSPS) is 21.4. The molecule has 1 saturated carbocycles. The van der Waals surface area contributed by atoms with Crippen molar-refractivity contribution in [1.29, 1.82) is 0 Å². The van der Waals surface area contributed by atoms with Crippen molar-refractivity contribution in [3.8, 4) is 0 Å². The number of benzene rings is 1. The Labute approximate surface area is 106 Å². The second-order valence-corrected chi connectivity index (χ2v) is 4.54. The number of carboxylic acid groups (broad SMARTS) is 1. The van der Waals surface area contributed by atoms with Crippen LogP contribution in [0.1, 0.15) is 41.6 Å². The summed E-state index contributed by atoms with van der Waals surface area (Å²) < 4.78 is 5.02. The summed E-state index contributed by atoms with van der Waals surface area (Å²) in [6, 6.07) is 7.03. The predicted octanol–water partition coefficient (Wildman–Crippen LogP) is 2.44. The lowest BCUT2D eigenvalue weighted by atomic mass is 10.1. The Morgan fingerprint density at radius 1 is 1.33 bits per heavy atom. The summed E-state index contributed by atoms with van der Waals surface area (Å²) >= 11 is 0. The lowest BCUT2D eigenvalue weighted by molar-refractivity contribution is -0.138. The first-order chi connectivity index (χ1) is 8.63. The Bertz CT molecular complexity index is 449. The molecule has 18 heavy (non-hydrogen) atoms. The van der Waals surface area contributed by atoms with Gasteiger partial charge < -0.3 is 9.84 Å². The van der Waals surface area contributed by atoms with Crippen LogP contribution >= 0.6 is 0 Å². The summed E-state index contributed by atoms with van der Waals surface area (Å²) in [4.78, 5) is 22.3. The van der Waals surface area contributed by atoms with Crippen molar-refractivity contribution in [3.05, 3.63) is 35.4 Å². The minimum atomic E-state index is -0.744. The fourth-order valence-corrected chi connectivity index (χ4v) is 1.98. The van der Waals surface area contributed by atoms with Crippen molar-refractivity contribution in [3.63, 3.8) is 0 Å². The van der Waals surface area contributed by atoms with Gasteiger partial charge in [0.25, 0.3) is 0 Å². The summed E-state index contributed by atoms with van der Waals surface area (Å²) in [6.45, 7) is 2.36. The first-order valence-electron chi connectivity index (χ1n) is 6.13. The molecule has 2 atom stereocenters. The summed E-state index contributed by atoms with van der Waals surface area (Å²) in [5.74, 6) is -1.23. The predicted molar refractivity (Wildman–Crippen MR) is 65.5 cm³/mol. The fourth-order valence-electron chi connectivity index (χ4n) is 1.98. The molecule has 4 heteroatoms. The van der Waals surface area contributed by atoms with E-state index in [1.54, 1.807) is 12.1 Å². The molecule has 0 heterocycles. The van der Waals surface area contributed by atoms with Gasteiger partial charge in [0.05, 0.1) is 18.1 Å². The minimum Gasteiger partial charge on any atom is -0.481 e. The van der Waals surface area contributed by atoms with Gasteiger partial charge in [0.1, 0.15) is 0 Å². The maximum absolute atomic E-state index is 11.6. The first-order valence-corrected chi connectivity index (χ1v) is 6.13. The molecule has 0 radical (unpaired) electrons. The van der Waals surface area contributed by atoms with Crippen LogP contribution in [-0.4, -0.2) is 23.7 Å². The fraction of sp³-hybridized carbons (Fsp3) is 0.429. The highest BCUT2D eigenvalue weighted by Gasteiger charge is 2.44. The minimum absolute atomic E-state index is 0.100. The van der Waals surface area contributed by atoms with Gasteiger partial charge in [-0.3, -0.25) is 4.79 Å². The topological polar surface area (TPSA) is 63.6 Å². The number of hydrogen-bond donors (Lipinski definition) is 1. The maximum atomic E-state index is 11.6. The number of ether oxygens (including phenoxy) is 1. The zero-order chi connectivity index (χ0) is 13.1. The molecule has 0 amide bonds. The number of rotatable bonds is 5. The highest BCUT2D eigenvalue weighted by molar-refractivity contribution is 5.89. The first kappa shape index (κ1) is 12.6. The molecule has 0 saturated heterocycles. The SMILES string of the molecule is CCCOC(=O)c1ccc(C2CC2C(=O)O)cc1. The van der Waals surface area contributed by atoms with E-state index in [0.717, 1.165) is 12.0 Å². The lowest BCUT2D eigenvalue weighted by Gasteiger charge is -2.04. The van der Waals surface area contributed by atoms with E-state index in [9.17, 15) is 9.59 Å². The molecule has 1 aliphatic carbocycles. The second-order valence-electron chi connectivity index (χ2n) is 4.54. The highest BCUT2D eigenvalue weighted by Crippen LogP contribution is 2.47. The van der Waals surface area contributed by atoms with E-state index in [4.69, 9.17) is 9.84 Å². The van der Waals surface area contributed by atoms with E-state index in [1.165, 1.54) is 0 Å². The van der Waals surface area contributed by atoms with E-state index in [1.807, 2.05) is 19.1 Å². The average molecular weight is 248 g/mol. The van der Waals surface area contributed by atoms with Gasteiger partial charge in [0.15, 0.2) is 0 Å². The Hall–Kier alpha value is -1.84. The van der Waals surface area contributed by atoms with E-state index >= 15 is 0 Å². The molecular weight excluding hydrogens is 232 g/mol. The smallest absolute Gasteiger partial charge is 0.338 e. The molecule has 0 spiro atoms. The molecule has 1 aromatic rings. The third kappa shape index (κ3) is 2.70. The average Bonchev–Trinajstić information content (AvgIpc) is 3.16. The third-order valence-corrected chi connectivity index (χ3v) is 3.12. The summed E-state index contributed by atoms with van der Waals surface area (Å²) in [6.07, 6.45) is 1.49. The zero-order valence-corrected chi connectivity index (χ0v) is 10.3. The van der Waals surface area contributed by atoms with Crippen LogP contribution in [0.5, 0.6) is 0 Å². The van der Waals surface area contributed by atoms with Crippen molar-refractivity contribution in [2.45, 2.75) is 25.7 Å². The van der Waals surface area contributed by atoms with Gasteiger partial charge in [-0.05, 0) is 36.5 Å². The third-order valence-electron chi connectivity index (χ3n) is 3.12. The van der Waals surface area contributed by atoms with Crippen LogP contribution in [0.25, 0.3) is 0 Å². The van der Waals surface area contributed by atoms with Crippen molar-refractivity contribution >= 4 is 11.9 Å². The van der Waals surface area contributed by atoms with E-state index < -0.39 is 5.97 Å². The molecule has 1 N–H and O–H groups in total. The second kappa shape index (κ2) is 5.21. The number of carbonyl (C=O) groups excluding carboxylic acids is 1. The summed E-state index contributed by atoms with van der Waals surface area (Å²) in [5, 5.41) is 8.85. The lowest BCUT2D eigenvalue weighted by Crippen LogP contribution is -2.05. The number of esters is 1. The van der Waals surface area contributed by atoms with Gasteiger partial charge in [-0.25, -0.2) is 4.79 Å². The zero-order valence-electron chi connectivity index (χ0n) is 10.3. The number of aliphatic carboxylic acids is 1. The Morgan fingerprint density at radius 3 is 2.50 bits per heavy atom. The monoisotopic (exact) mass is 248 g/mol. The van der Waals surface area contributed by atoms with Gasteiger partial charge in [0.2, 0.25) is 0 Å². The number of carboxylic acids is 1. The van der Waals surface area contributed by atoms with E-state index in [2.05, 4.69) is 0 Å².